The van der Waals surface area contributed by atoms with Gasteiger partial charge in [-0.1, -0.05) is 19.3 Å². The van der Waals surface area contributed by atoms with E-state index in [1.54, 1.807) is 0 Å². The zero-order valence-electron chi connectivity index (χ0n) is 16.4. The number of rotatable bonds is 5. The summed E-state index contributed by atoms with van der Waals surface area (Å²) in [5.41, 5.74) is 1.18. The van der Waals surface area contributed by atoms with Crippen molar-refractivity contribution in [2.75, 3.05) is 32.7 Å². The average molecular weight is 372 g/mol. The predicted molar refractivity (Wildman–Crippen MR) is 105 cm³/mol. The summed E-state index contributed by atoms with van der Waals surface area (Å²) < 4.78 is 0. The highest BCUT2D eigenvalue weighted by Gasteiger charge is 2.51. The van der Waals surface area contributed by atoms with E-state index in [4.69, 9.17) is 0 Å². The fraction of sp³-hybridized carbons (Fsp3) is 0.727. The lowest BCUT2D eigenvalue weighted by Gasteiger charge is -2.42. The molecule has 3 aliphatic rings. The summed E-state index contributed by atoms with van der Waals surface area (Å²) in [6, 6.07) is 4.07. The van der Waals surface area contributed by atoms with Crippen LogP contribution in [0.2, 0.25) is 0 Å². The molecule has 148 valence electrons. The number of carboxylic acid groups (broad SMARTS) is 1. The molecule has 3 heterocycles. The molecule has 2 aliphatic heterocycles. The smallest absolute Gasteiger partial charge is 0.308 e. The van der Waals surface area contributed by atoms with Gasteiger partial charge in [0.25, 0.3) is 0 Å². The van der Waals surface area contributed by atoms with Crippen LogP contribution in [0.5, 0.6) is 0 Å². The number of nitrogens with zero attached hydrogens (tertiary/aromatic N) is 3. The Kier molecular flexibility index (Phi) is 5.79. The maximum atomic E-state index is 12.0. The molecule has 1 spiro atoms. The number of carboxylic acids is 1. The second-order valence-electron chi connectivity index (χ2n) is 9.08. The van der Waals surface area contributed by atoms with Gasteiger partial charge in [-0.25, -0.2) is 0 Å². The van der Waals surface area contributed by atoms with Crippen molar-refractivity contribution in [3.05, 3.63) is 30.1 Å². The van der Waals surface area contributed by atoms with Crippen molar-refractivity contribution >= 4 is 5.97 Å². The zero-order chi connectivity index (χ0) is 18.7. The first-order valence-electron chi connectivity index (χ1n) is 10.7. The highest BCUT2D eigenvalue weighted by molar-refractivity contribution is 5.72. The minimum absolute atomic E-state index is 0.0398. The first-order chi connectivity index (χ1) is 13.1. The Bertz CT molecular complexity index is 622. The second kappa shape index (κ2) is 8.27. The van der Waals surface area contributed by atoms with Gasteiger partial charge in [-0.15, -0.1) is 0 Å². The van der Waals surface area contributed by atoms with Crippen molar-refractivity contribution < 1.29 is 9.90 Å². The SMILES string of the molecule is O=C(O)C1CN(Cc2ccncc2)CC12CCN(CC1CCCCC1)CC2. The summed E-state index contributed by atoms with van der Waals surface area (Å²) in [6.45, 7) is 5.81. The van der Waals surface area contributed by atoms with Crippen molar-refractivity contribution in [1.29, 1.82) is 0 Å². The largest absolute Gasteiger partial charge is 0.481 e. The van der Waals surface area contributed by atoms with Crippen molar-refractivity contribution in [3.8, 4) is 0 Å². The Morgan fingerprint density at radius 2 is 1.81 bits per heavy atom. The molecule has 2 saturated heterocycles. The highest BCUT2D eigenvalue weighted by Crippen LogP contribution is 2.45. The maximum Gasteiger partial charge on any atom is 0.308 e. The minimum Gasteiger partial charge on any atom is -0.481 e. The molecule has 0 bridgehead atoms. The summed E-state index contributed by atoms with van der Waals surface area (Å²) in [4.78, 5) is 21.1. The van der Waals surface area contributed by atoms with E-state index in [-0.39, 0.29) is 11.3 Å². The Morgan fingerprint density at radius 3 is 2.48 bits per heavy atom. The molecule has 0 aromatic carbocycles. The molecular weight excluding hydrogens is 338 g/mol. The van der Waals surface area contributed by atoms with Crippen molar-refractivity contribution in [3.63, 3.8) is 0 Å². The second-order valence-corrected chi connectivity index (χ2v) is 9.08. The normalized spacial score (nSPS) is 27.2. The van der Waals surface area contributed by atoms with Crippen LogP contribution < -0.4 is 0 Å². The first-order valence-corrected chi connectivity index (χ1v) is 10.7. The number of piperidine rings is 1. The average Bonchev–Trinajstić information content (AvgIpc) is 3.03. The van der Waals surface area contributed by atoms with Gasteiger partial charge in [0.15, 0.2) is 0 Å². The van der Waals surface area contributed by atoms with Gasteiger partial charge in [0.2, 0.25) is 0 Å². The molecule has 1 N–H and O–H groups in total. The van der Waals surface area contributed by atoms with Crippen LogP contribution in [0.4, 0.5) is 0 Å². The third-order valence-corrected chi connectivity index (χ3v) is 7.27. The van der Waals surface area contributed by atoms with Crippen LogP contribution in [0.3, 0.4) is 0 Å². The van der Waals surface area contributed by atoms with Gasteiger partial charge < -0.3 is 10.0 Å². The third kappa shape index (κ3) is 4.35. The van der Waals surface area contributed by atoms with Crippen LogP contribution in [0.25, 0.3) is 0 Å². The molecule has 0 radical (unpaired) electrons. The maximum absolute atomic E-state index is 12.0. The van der Waals surface area contributed by atoms with Gasteiger partial charge in [0, 0.05) is 44.0 Å². The van der Waals surface area contributed by atoms with E-state index in [9.17, 15) is 9.90 Å². The fourth-order valence-corrected chi connectivity index (χ4v) is 5.70. The van der Waals surface area contributed by atoms with Crippen LogP contribution in [-0.2, 0) is 11.3 Å². The summed E-state index contributed by atoms with van der Waals surface area (Å²) in [7, 11) is 0. The Hall–Kier alpha value is -1.46. The third-order valence-electron chi connectivity index (χ3n) is 7.27. The molecule has 4 rings (SSSR count). The van der Waals surface area contributed by atoms with Crippen molar-refractivity contribution in [2.24, 2.45) is 17.3 Å². The van der Waals surface area contributed by atoms with E-state index in [0.29, 0.717) is 6.54 Å². The molecule has 1 aliphatic carbocycles. The molecule has 1 unspecified atom stereocenters. The van der Waals surface area contributed by atoms with Crippen LogP contribution in [0.1, 0.15) is 50.5 Å². The number of pyridine rings is 1. The number of likely N-dealkylation sites (tertiary alicyclic amines) is 2. The topological polar surface area (TPSA) is 56.7 Å². The van der Waals surface area contributed by atoms with E-state index < -0.39 is 5.97 Å². The summed E-state index contributed by atoms with van der Waals surface area (Å²) >= 11 is 0. The number of carbonyl (C=O) groups is 1. The number of aromatic nitrogens is 1. The van der Waals surface area contributed by atoms with Gasteiger partial charge in [-0.3, -0.25) is 14.7 Å². The summed E-state index contributed by atoms with van der Waals surface area (Å²) in [6.07, 6.45) is 12.7. The van der Waals surface area contributed by atoms with Gasteiger partial charge in [0.1, 0.15) is 0 Å². The van der Waals surface area contributed by atoms with Crippen LogP contribution in [-0.4, -0.2) is 58.6 Å². The Balaban J connectivity index is 1.36. The van der Waals surface area contributed by atoms with E-state index >= 15 is 0 Å². The minimum atomic E-state index is -0.604. The number of hydrogen-bond donors (Lipinski definition) is 1. The lowest BCUT2D eigenvalue weighted by molar-refractivity contribution is -0.146. The standard InChI is InChI=1S/C22H33N3O2/c26-21(27)20-16-25(15-19-6-10-23-11-7-19)17-22(20)8-12-24(13-9-22)14-18-4-2-1-3-5-18/h6-7,10-11,18,20H,1-5,8-9,12-17H2,(H,26,27). The van der Waals surface area contributed by atoms with E-state index in [1.807, 2.05) is 24.5 Å². The van der Waals surface area contributed by atoms with Gasteiger partial charge in [-0.05, 0) is 62.4 Å². The molecule has 5 heteroatoms. The van der Waals surface area contributed by atoms with Crippen LogP contribution in [0, 0.1) is 17.3 Å². The number of hydrogen-bond acceptors (Lipinski definition) is 4. The number of aliphatic carboxylic acids is 1. The fourth-order valence-electron chi connectivity index (χ4n) is 5.70. The molecule has 0 amide bonds. The van der Waals surface area contributed by atoms with Crippen LogP contribution >= 0.6 is 0 Å². The monoisotopic (exact) mass is 371 g/mol. The van der Waals surface area contributed by atoms with Gasteiger partial charge in [-0.2, -0.15) is 0 Å². The van der Waals surface area contributed by atoms with E-state index in [2.05, 4.69) is 14.8 Å². The summed E-state index contributed by atoms with van der Waals surface area (Å²) in [5.74, 6) is 0.0407. The molecule has 3 fully saturated rings. The molecule has 1 saturated carbocycles. The molecule has 27 heavy (non-hydrogen) atoms. The first kappa shape index (κ1) is 18.9. The Morgan fingerprint density at radius 1 is 1.11 bits per heavy atom. The zero-order valence-corrected chi connectivity index (χ0v) is 16.4. The highest BCUT2D eigenvalue weighted by atomic mass is 16.4. The Labute approximate surface area is 162 Å². The molecule has 5 nitrogen and oxygen atoms in total. The van der Waals surface area contributed by atoms with Crippen molar-refractivity contribution in [2.45, 2.75) is 51.5 Å². The molecule has 1 atom stereocenters. The van der Waals surface area contributed by atoms with E-state index in [1.165, 1.54) is 44.2 Å². The van der Waals surface area contributed by atoms with Gasteiger partial charge in [0.05, 0.1) is 5.92 Å². The van der Waals surface area contributed by atoms with E-state index in [0.717, 1.165) is 44.9 Å². The quantitative estimate of drug-likeness (QED) is 0.861. The molecular formula is C22H33N3O2. The predicted octanol–water partition coefficient (Wildman–Crippen LogP) is 3.26. The lowest BCUT2D eigenvalue weighted by atomic mass is 9.70. The van der Waals surface area contributed by atoms with Crippen molar-refractivity contribution in [1.82, 2.24) is 14.8 Å². The summed E-state index contributed by atoms with van der Waals surface area (Å²) in [5, 5.41) is 9.89. The van der Waals surface area contributed by atoms with Gasteiger partial charge >= 0.3 is 5.97 Å². The molecule has 1 aromatic rings. The lowest BCUT2D eigenvalue weighted by Crippen LogP contribution is -2.47. The van der Waals surface area contributed by atoms with Crippen LogP contribution in [0.15, 0.2) is 24.5 Å². The molecule has 1 aromatic heterocycles.